The van der Waals surface area contributed by atoms with E-state index in [9.17, 15) is 15.0 Å². The van der Waals surface area contributed by atoms with E-state index in [2.05, 4.69) is 5.32 Å². The first-order chi connectivity index (χ1) is 8.57. The van der Waals surface area contributed by atoms with Gasteiger partial charge in [-0.2, -0.15) is 0 Å². The quantitative estimate of drug-likeness (QED) is 0.715. The van der Waals surface area contributed by atoms with Gasteiger partial charge in [0.2, 0.25) is 0 Å². The minimum atomic E-state index is -0.843. The fraction of sp³-hybridized carbons (Fsp3) is 0.500. The highest BCUT2D eigenvalue weighted by molar-refractivity contribution is 5.75. The maximum Gasteiger partial charge on any atom is 0.321 e. The van der Waals surface area contributed by atoms with Crippen LogP contribution < -0.4 is 5.32 Å². The average Bonchev–Trinajstić information content (AvgIpc) is 3.10. The molecule has 4 heteroatoms. The van der Waals surface area contributed by atoms with E-state index in [1.807, 2.05) is 37.3 Å². The Kier molecular flexibility index (Phi) is 3.68. The van der Waals surface area contributed by atoms with E-state index >= 15 is 0 Å². The lowest BCUT2D eigenvalue weighted by Gasteiger charge is -2.26. The van der Waals surface area contributed by atoms with Crippen LogP contribution in [0.15, 0.2) is 30.3 Å². The van der Waals surface area contributed by atoms with Gasteiger partial charge in [0.25, 0.3) is 0 Å². The van der Waals surface area contributed by atoms with Gasteiger partial charge in [0.05, 0.1) is 12.6 Å². The second-order valence-electron chi connectivity index (χ2n) is 5.24. The standard InChI is InChI=1S/C14H19NO3/c1-14(7-8-14)12(13(17)18)15-11(9-16)10-5-3-2-4-6-10/h2-6,11-12,15-16H,7-9H2,1H3,(H,17,18)/t11-,12?/m0/s1. The van der Waals surface area contributed by atoms with Gasteiger partial charge in [0.15, 0.2) is 0 Å². The zero-order chi connectivity index (χ0) is 13.2. The van der Waals surface area contributed by atoms with Crippen LogP contribution in [0.2, 0.25) is 0 Å². The summed E-state index contributed by atoms with van der Waals surface area (Å²) in [4.78, 5) is 11.3. The van der Waals surface area contributed by atoms with Gasteiger partial charge in [0, 0.05) is 0 Å². The normalized spacial score (nSPS) is 20.1. The van der Waals surface area contributed by atoms with E-state index in [4.69, 9.17) is 0 Å². The van der Waals surface area contributed by atoms with E-state index in [-0.39, 0.29) is 18.1 Å². The molecule has 0 saturated heterocycles. The summed E-state index contributed by atoms with van der Waals surface area (Å²) in [7, 11) is 0. The topological polar surface area (TPSA) is 69.6 Å². The van der Waals surface area contributed by atoms with Crippen molar-refractivity contribution in [2.45, 2.75) is 31.8 Å². The molecule has 1 aliphatic carbocycles. The first-order valence-electron chi connectivity index (χ1n) is 6.21. The SMILES string of the molecule is CC1(C(N[C@@H](CO)c2ccccc2)C(=O)O)CC1. The van der Waals surface area contributed by atoms with E-state index < -0.39 is 12.0 Å². The summed E-state index contributed by atoms with van der Waals surface area (Å²) >= 11 is 0. The van der Waals surface area contributed by atoms with Crippen LogP contribution in [-0.4, -0.2) is 28.8 Å². The first-order valence-corrected chi connectivity index (χ1v) is 6.21. The molecule has 1 saturated carbocycles. The lowest BCUT2D eigenvalue weighted by atomic mass is 9.96. The molecule has 0 spiro atoms. The number of carboxylic acid groups (broad SMARTS) is 1. The van der Waals surface area contributed by atoms with Crippen LogP contribution in [0.5, 0.6) is 0 Å². The van der Waals surface area contributed by atoms with Gasteiger partial charge in [-0.15, -0.1) is 0 Å². The first kappa shape index (κ1) is 13.1. The van der Waals surface area contributed by atoms with Gasteiger partial charge in [-0.3, -0.25) is 10.1 Å². The molecule has 1 aromatic rings. The van der Waals surface area contributed by atoms with Crippen LogP contribution in [0.25, 0.3) is 0 Å². The van der Waals surface area contributed by atoms with Crippen LogP contribution in [0.1, 0.15) is 31.4 Å². The van der Waals surface area contributed by atoms with Crippen LogP contribution >= 0.6 is 0 Å². The molecule has 1 fully saturated rings. The number of aliphatic carboxylic acids is 1. The fourth-order valence-corrected chi connectivity index (χ4v) is 2.20. The molecule has 2 atom stereocenters. The number of hydrogen-bond donors (Lipinski definition) is 3. The summed E-state index contributed by atoms with van der Waals surface area (Å²) in [5, 5.41) is 21.8. The molecule has 0 radical (unpaired) electrons. The lowest BCUT2D eigenvalue weighted by Crippen LogP contribution is -2.45. The molecule has 0 amide bonds. The Morgan fingerprint density at radius 1 is 1.39 bits per heavy atom. The number of carboxylic acids is 1. The van der Waals surface area contributed by atoms with Gasteiger partial charge >= 0.3 is 5.97 Å². The maximum atomic E-state index is 11.3. The zero-order valence-electron chi connectivity index (χ0n) is 10.5. The fourth-order valence-electron chi connectivity index (χ4n) is 2.20. The number of hydrogen-bond acceptors (Lipinski definition) is 3. The Hall–Kier alpha value is -1.39. The molecule has 98 valence electrons. The van der Waals surface area contributed by atoms with Crippen molar-refractivity contribution < 1.29 is 15.0 Å². The molecule has 1 aliphatic rings. The summed E-state index contributed by atoms with van der Waals surface area (Å²) < 4.78 is 0. The molecule has 18 heavy (non-hydrogen) atoms. The minimum absolute atomic E-state index is 0.107. The zero-order valence-corrected chi connectivity index (χ0v) is 10.5. The largest absolute Gasteiger partial charge is 0.480 e. The summed E-state index contributed by atoms with van der Waals surface area (Å²) in [6.45, 7) is 1.86. The summed E-state index contributed by atoms with van der Waals surface area (Å²) in [6, 6.07) is 8.51. The molecule has 0 heterocycles. The monoisotopic (exact) mass is 249 g/mol. The highest BCUT2D eigenvalue weighted by Gasteiger charge is 2.49. The lowest BCUT2D eigenvalue weighted by molar-refractivity contribution is -0.141. The molecule has 0 aromatic heterocycles. The van der Waals surface area contributed by atoms with Crippen molar-refractivity contribution >= 4 is 5.97 Å². The van der Waals surface area contributed by atoms with Crippen molar-refractivity contribution in [3.63, 3.8) is 0 Å². The maximum absolute atomic E-state index is 11.3. The number of carbonyl (C=O) groups is 1. The Morgan fingerprint density at radius 3 is 2.44 bits per heavy atom. The molecule has 1 unspecified atom stereocenters. The third-order valence-corrected chi connectivity index (χ3v) is 3.73. The van der Waals surface area contributed by atoms with Crippen molar-refractivity contribution in [1.29, 1.82) is 0 Å². The van der Waals surface area contributed by atoms with Gasteiger partial charge in [-0.1, -0.05) is 37.3 Å². The molecule has 0 aliphatic heterocycles. The number of nitrogens with one attached hydrogen (secondary N) is 1. The van der Waals surface area contributed by atoms with Crippen molar-refractivity contribution in [2.75, 3.05) is 6.61 Å². The molecule has 3 N–H and O–H groups in total. The smallest absolute Gasteiger partial charge is 0.321 e. The Bertz CT molecular complexity index is 414. The summed E-state index contributed by atoms with van der Waals surface area (Å²) in [5.41, 5.74) is 0.740. The molecule has 2 rings (SSSR count). The predicted molar refractivity (Wildman–Crippen MR) is 68.2 cm³/mol. The summed E-state index contributed by atoms with van der Waals surface area (Å²) in [5.74, 6) is -0.843. The molecular formula is C14H19NO3. The molecule has 1 aromatic carbocycles. The van der Waals surface area contributed by atoms with Crippen molar-refractivity contribution in [1.82, 2.24) is 5.32 Å². The highest BCUT2D eigenvalue weighted by atomic mass is 16.4. The molecule has 0 bridgehead atoms. The van der Waals surface area contributed by atoms with E-state index in [1.165, 1.54) is 0 Å². The second-order valence-corrected chi connectivity index (χ2v) is 5.24. The van der Waals surface area contributed by atoms with Gasteiger partial charge in [-0.05, 0) is 23.8 Å². The molecule has 4 nitrogen and oxygen atoms in total. The Morgan fingerprint density at radius 2 is 2.00 bits per heavy atom. The number of rotatable bonds is 6. The van der Waals surface area contributed by atoms with E-state index in [0.29, 0.717) is 0 Å². The van der Waals surface area contributed by atoms with Crippen LogP contribution in [0.4, 0.5) is 0 Å². The van der Waals surface area contributed by atoms with Crippen molar-refractivity contribution in [3.05, 3.63) is 35.9 Å². The Balaban J connectivity index is 2.12. The van der Waals surface area contributed by atoms with Crippen molar-refractivity contribution in [3.8, 4) is 0 Å². The van der Waals surface area contributed by atoms with Crippen LogP contribution in [0.3, 0.4) is 0 Å². The second kappa shape index (κ2) is 5.08. The Labute approximate surface area is 107 Å². The molecular weight excluding hydrogens is 230 g/mol. The summed E-state index contributed by atoms with van der Waals surface area (Å²) in [6.07, 6.45) is 1.84. The van der Waals surface area contributed by atoms with E-state index in [0.717, 1.165) is 18.4 Å². The third kappa shape index (κ3) is 2.71. The average molecular weight is 249 g/mol. The van der Waals surface area contributed by atoms with E-state index in [1.54, 1.807) is 0 Å². The predicted octanol–water partition coefficient (Wildman–Crippen LogP) is 1.56. The third-order valence-electron chi connectivity index (χ3n) is 3.73. The highest BCUT2D eigenvalue weighted by Crippen LogP contribution is 2.48. The van der Waals surface area contributed by atoms with Gasteiger partial charge in [-0.25, -0.2) is 0 Å². The number of aliphatic hydroxyl groups excluding tert-OH is 1. The van der Waals surface area contributed by atoms with Gasteiger partial charge < -0.3 is 10.2 Å². The number of aliphatic hydroxyl groups is 1. The minimum Gasteiger partial charge on any atom is -0.480 e. The van der Waals surface area contributed by atoms with Crippen LogP contribution in [0, 0.1) is 5.41 Å². The van der Waals surface area contributed by atoms with Crippen molar-refractivity contribution in [2.24, 2.45) is 5.41 Å². The number of benzene rings is 1. The van der Waals surface area contributed by atoms with Crippen LogP contribution in [-0.2, 0) is 4.79 Å². The van der Waals surface area contributed by atoms with Gasteiger partial charge in [0.1, 0.15) is 6.04 Å².